The van der Waals surface area contributed by atoms with E-state index in [1.165, 1.54) is 0 Å². The van der Waals surface area contributed by atoms with E-state index in [4.69, 9.17) is 0 Å². The zero-order chi connectivity index (χ0) is 13.7. The van der Waals surface area contributed by atoms with E-state index in [1.54, 1.807) is 4.68 Å². The van der Waals surface area contributed by atoms with E-state index in [-0.39, 0.29) is 5.78 Å². The highest BCUT2D eigenvalue weighted by atomic mass is 16.1. The number of hydrogen-bond acceptors (Lipinski definition) is 4. The second-order valence-corrected chi connectivity index (χ2v) is 4.98. The fourth-order valence-electron chi connectivity index (χ4n) is 1.94. The van der Waals surface area contributed by atoms with Crippen LogP contribution in [0, 0.1) is 5.92 Å². The van der Waals surface area contributed by atoms with Crippen LogP contribution in [-0.4, -0.2) is 26.0 Å². The summed E-state index contributed by atoms with van der Waals surface area (Å²) >= 11 is 0. The molecule has 1 aromatic carbocycles. The highest BCUT2D eigenvalue weighted by molar-refractivity contribution is 5.78. The molecule has 100 valence electrons. The summed E-state index contributed by atoms with van der Waals surface area (Å²) in [4.78, 5) is 11.7. The van der Waals surface area contributed by atoms with Gasteiger partial charge in [-0.1, -0.05) is 32.0 Å². The van der Waals surface area contributed by atoms with Gasteiger partial charge < -0.3 is 0 Å². The molecule has 2 aromatic rings. The lowest BCUT2D eigenvalue weighted by atomic mass is 10.0. The Bertz CT molecular complexity index is 533. The first-order valence-corrected chi connectivity index (χ1v) is 6.51. The molecule has 2 rings (SSSR count). The van der Waals surface area contributed by atoms with Crippen LogP contribution >= 0.6 is 0 Å². The first-order chi connectivity index (χ1) is 9.16. The van der Waals surface area contributed by atoms with Crippen molar-refractivity contribution in [2.75, 3.05) is 0 Å². The second-order valence-electron chi connectivity index (χ2n) is 4.98. The van der Waals surface area contributed by atoms with Gasteiger partial charge in [0.25, 0.3) is 0 Å². The van der Waals surface area contributed by atoms with Crippen LogP contribution in [0.3, 0.4) is 0 Å². The number of aromatic nitrogens is 4. The predicted octanol–water partition coefficient (Wildman–Crippen LogP) is 2.21. The van der Waals surface area contributed by atoms with Crippen LogP contribution in [0.4, 0.5) is 0 Å². The van der Waals surface area contributed by atoms with Gasteiger partial charge in [0.05, 0.1) is 5.69 Å². The molecule has 0 saturated heterocycles. The monoisotopic (exact) mass is 258 g/mol. The molecule has 19 heavy (non-hydrogen) atoms. The molecular formula is C14H18N4O. The summed E-state index contributed by atoms with van der Waals surface area (Å²) < 4.78 is 1.68. The van der Waals surface area contributed by atoms with Crippen LogP contribution in [0.2, 0.25) is 0 Å². The summed E-state index contributed by atoms with van der Waals surface area (Å²) in [5, 5.41) is 11.7. The number of benzene rings is 1. The molecule has 0 aliphatic heterocycles. The van der Waals surface area contributed by atoms with Gasteiger partial charge in [0.2, 0.25) is 0 Å². The smallest absolute Gasteiger partial charge is 0.157 e. The maximum atomic E-state index is 11.7. The lowest BCUT2D eigenvalue weighted by Gasteiger charge is -2.05. The van der Waals surface area contributed by atoms with Crippen molar-refractivity contribution in [1.82, 2.24) is 20.2 Å². The summed E-state index contributed by atoms with van der Waals surface area (Å²) in [6.45, 7) is 4.10. The number of para-hydroxylation sites is 1. The maximum Gasteiger partial charge on any atom is 0.157 e. The lowest BCUT2D eigenvalue weighted by molar-refractivity contribution is -0.119. The van der Waals surface area contributed by atoms with Gasteiger partial charge >= 0.3 is 0 Å². The van der Waals surface area contributed by atoms with Gasteiger partial charge in [-0.05, 0) is 28.5 Å². The first kappa shape index (κ1) is 13.4. The molecule has 0 bridgehead atoms. The fourth-order valence-corrected chi connectivity index (χ4v) is 1.94. The molecular weight excluding hydrogens is 240 g/mol. The third kappa shape index (κ3) is 3.71. The zero-order valence-corrected chi connectivity index (χ0v) is 11.3. The van der Waals surface area contributed by atoms with Gasteiger partial charge in [0.1, 0.15) is 5.78 Å². The van der Waals surface area contributed by atoms with E-state index < -0.39 is 0 Å². The third-order valence-electron chi connectivity index (χ3n) is 2.80. The molecule has 0 saturated carbocycles. The van der Waals surface area contributed by atoms with Crippen LogP contribution in [0.25, 0.3) is 5.69 Å². The Balaban J connectivity index is 2.03. The molecule has 0 radical (unpaired) electrons. The van der Waals surface area contributed by atoms with Gasteiger partial charge in [0, 0.05) is 19.3 Å². The Morgan fingerprint density at radius 3 is 2.68 bits per heavy atom. The van der Waals surface area contributed by atoms with Gasteiger partial charge in [-0.15, -0.1) is 5.10 Å². The summed E-state index contributed by atoms with van der Waals surface area (Å²) in [6, 6.07) is 9.70. The maximum absolute atomic E-state index is 11.7. The van der Waals surface area contributed by atoms with Crippen LogP contribution in [0.1, 0.15) is 32.5 Å². The second kappa shape index (κ2) is 6.22. The minimum absolute atomic E-state index is 0.262. The standard InChI is InChI=1S/C14H18N4O/c1-11(2)10-13(19)8-9-14-15-16-17-18(14)12-6-4-3-5-7-12/h3-7,11H,8-10H2,1-2H3. The summed E-state index contributed by atoms with van der Waals surface area (Å²) in [7, 11) is 0. The molecule has 1 heterocycles. The van der Waals surface area contributed by atoms with Crippen molar-refractivity contribution in [3.05, 3.63) is 36.2 Å². The van der Waals surface area contributed by atoms with Crippen molar-refractivity contribution >= 4 is 5.78 Å². The number of nitrogens with zero attached hydrogens (tertiary/aromatic N) is 4. The molecule has 0 unspecified atom stereocenters. The quantitative estimate of drug-likeness (QED) is 0.797. The molecule has 0 aliphatic carbocycles. The SMILES string of the molecule is CC(C)CC(=O)CCc1nnnn1-c1ccccc1. The molecule has 0 spiro atoms. The van der Waals surface area contributed by atoms with Crippen molar-refractivity contribution in [2.24, 2.45) is 5.92 Å². The fraction of sp³-hybridized carbons (Fsp3) is 0.429. The van der Waals surface area contributed by atoms with Crippen molar-refractivity contribution in [2.45, 2.75) is 33.1 Å². The van der Waals surface area contributed by atoms with Crippen molar-refractivity contribution in [3.8, 4) is 5.69 Å². The number of ketones is 1. The van der Waals surface area contributed by atoms with Crippen molar-refractivity contribution in [1.29, 1.82) is 0 Å². The normalized spacial score (nSPS) is 10.9. The highest BCUT2D eigenvalue weighted by Crippen LogP contribution is 2.10. The van der Waals surface area contributed by atoms with E-state index in [2.05, 4.69) is 15.5 Å². The van der Waals surface area contributed by atoms with Gasteiger partial charge in [0.15, 0.2) is 5.82 Å². The average Bonchev–Trinajstić information content (AvgIpc) is 2.85. The third-order valence-corrected chi connectivity index (χ3v) is 2.80. The summed E-state index contributed by atoms with van der Waals surface area (Å²) in [5.41, 5.74) is 0.916. The Hall–Kier alpha value is -2.04. The van der Waals surface area contributed by atoms with Crippen LogP contribution in [-0.2, 0) is 11.2 Å². The van der Waals surface area contributed by atoms with Crippen LogP contribution in [0.5, 0.6) is 0 Å². The van der Waals surface area contributed by atoms with Gasteiger partial charge in [-0.25, -0.2) is 0 Å². The molecule has 0 atom stereocenters. The largest absolute Gasteiger partial charge is 0.300 e. The number of rotatable bonds is 6. The molecule has 0 amide bonds. The number of hydrogen-bond donors (Lipinski definition) is 0. The minimum atomic E-state index is 0.262. The van der Waals surface area contributed by atoms with Crippen LogP contribution < -0.4 is 0 Å². The first-order valence-electron chi connectivity index (χ1n) is 6.51. The number of Topliss-reactive ketones (excluding diaryl/α,β-unsaturated/α-hetero) is 1. The molecule has 5 heteroatoms. The highest BCUT2D eigenvalue weighted by Gasteiger charge is 2.11. The lowest BCUT2D eigenvalue weighted by Crippen LogP contribution is -2.08. The Morgan fingerprint density at radius 1 is 1.26 bits per heavy atom. The number of tetrazole rings is 1. The van der Waals surface area contributed by atoms with Crippen LogP contribution in [0.15, 0.2) is 30.3 Å². The minimum Gasteiger partial charge on any atom is -0.300 e. The number of carbonyl (C=O) groups is 1. The topological polar surface area (TPSA) is 60.7 Å². The van der Waals surface area contributed by atoms with E-state index in [1.807, 2.05) is 44.2 Å². The molecule has 5 nitrogen and oxygen atoms in total. The predicted molar refractivity (Wildman–Crippen MR) is 71.9 cm³/mol. The van der Waals surface area contributed by atoms with E-state index in [0.29, 0.717) is 25.2 Å². The Kier molecular flexibility index (Phi) is 4.39. The number of aryl methyl sites for hydroxylation is 1. The molecule has 0 aliphatic rings. The summed E-state index contributed by atoms with van der Waals surface area (Å²) in [6.07, 6.45) is 1.69. The van der Waals surface area contributed by atoms with E-state index >= 15 is 0 Å². The van der Waals surface area contributed by atoms with E-state index in [9.17, 15) is 4.79 Å². The molecule has 0 N–H and O–H groups in total. The van der Waals surface area contributed by atoms with Crippen molar-refractivity contribution in [3.63, 3.8) is 0 Å². The van der Waals surface area contributed by atoms with Crippen molar-refractivity contribution < 1.29 is 4.79 Å². The average molecular weight is 258 g/mol. The van der Waals surface area contributed by atoms with Gasteiger partial charge in [-0.2, -0.15) is 4.68 Å². The van der Waals surface area contributed by atoms with Gasteiger partial charge in [-0.3, -0.25) is 4.79 Å². The molecule has 0 fully saturated rings. The number of carbonyl (C=O) groups excluding carboxylic acids is 1. The summed E-state index contributed by atoms with van der Waals surface area (Å²) in [5.74, 6) is 1.39. The molecule has 1 aromatic heterocycles. The zero-order valence-electron chi connectivity index (χ0n) is 11.3. The van der Waals surface area contributed by atoms with E-state index in [0.717, 1.165) is 11.5 Å². The Labute approximate surface area is 112 Å². The Morgan fingerprint density at radius 2 is 2.00 bits per heavy atom.